The molecule has 1 aliphatic rings. The third-order valence-electron chi connectivity index (χ3n) is 5.26. The molecule has 1 N–H and O–H groups in total. The van der Waals surface area contributed by atoms with Crippen LogP contribution in [0.4, 0.5) is 5.82 Å². The Morgan fingerprint density at radius 3 is 2.46 bits per heavy atom. The Morgan fingerprint density at radius 1 is 1.21 bits per heavy atom. The molecule has 7 heteroatoms. The molecule has 0 amide bonds. The van der Waals surface area contributed by atoms with Crippen molar-refractivity contribution in [2.45, 2.75) is 38.5 Å². The first-order valence-electron chi connectivity index (χ1n) is 9.49. The highest BCUT2D eigenvalue weighted by atomic mass is 32.2. The molecule has 0 radical (unpaired) electrons. The van der Waals surface area contributed by atoms with Gasteiger partial charge in [0.15, 0.2) is 0 Å². The monoisotopic (exact) mass is 398 g/mol. The quantitative estimate of drug-likeness (QED) is 0.836. The predicted octanol–water partition coefficient (Wildman–Crippen LogP) is 3.07. The van der Waals surface area contributed by atoms with Gasteiger partial charge in [-0.05, 0) is 62.8 Å². The number of anilines is 1. The number of nitrogens with zero attached hydrogens (tertiary/aromatic N) is 3. The van der Waals surface area contributed by atoms with Gasteiger partial charge < -0.3 is 4.90 Å². The number of aromatic nitrogens is 1. The van der Waals surface area contributed by atoms with Crippen LogP contribution in [0.25, 0.3) is 0 Å². The van der Waals surface area contributed by atoms with E-state index in [2.05, 4.69) is 20.7 Å². The summed E-state index contributed by atoms with van der Waals surface area (Å²) >= 11 is 0. The lowest BCUT2D eigenvalue weighted by molar-refractivity contribution is 0.400. The van der Waals surface area contributed by atoms with Crippen molar-refractivity contribution in [3.05, 3.63) is 52.7 Å². The van der Waals surface area contributed by atoms with E-state index in [1.807, 2.05) is 32.9 Å². The second kappa shape index (κ2) is 8.29. The van der Waals surface area contributed by atoms with Crippen LogP contribution in [0.2, 0.25) is 0 Å². The highest BCUT2D eigenvalue weighted by molar-refractivity contribution is 7.89. The Morgan fingerprint density at radius 2 is 1.86 bits per heavy atom. The van der Waals surface area contributed by atoms with Gasteiger partial charge in [-0.25, -0.2) is 18.1 Å². The van der Waals surface area contributed by atoms with E-state index >= 15 is 0 Å². The maximum atomic E-state index is 12.8. The average molecular weight is 399 g/mol. The van der Waals surface area contributed by atoms with Gasteiger partial charge in [-0.3, -0.25) is 0 Å². The minimum atomic E-state index is -3.53. The first-order valence-corrected chi connectivity index (χ1v) is 11.0. The van der Waals surface area contributed by atoms with Gasteiger partial charge in [-0.2, -0.15) is 5.26 Å². The Bertz CT molecular complexity index is 980. The van der Waals surface area contributed by atoms with Gasteiger partial charge in [0.2, 0.25) is 10.0 Å². The molecule has 2 heterocycles. The molecule has 148 valence electrons. The maximum Gasteiger partial charge on any atom is 0.241 e. The number of hydrogen-bond donors (Lipinski definition) is 1. The van der Waals surface area contributed by atoms with Crippen molar-refractivity contribution in [2.75, 3.05) is 24.5 Å². The summed E-state index contributed by atoms with van der Waals surface area (Å²) in [5.41, 5.74) is 3.19. The summed E-state index contributed by atoms with van der Waals surface area (Å²) < 4.78 is 28.5. The Labute approximate surface area is 167 Å². The molecular weight excluding hydrogens is 372 g/mol. The lowest BCUT2D eigenvalue weighted by atomic mass is 9.97. The smallest absolute Gasteiger partial charge is 0.241 e. The molecule has 1 fully saturated rings. The van der Waals surface area contributed by atoms with Crippen LogP contribution >= 0.6 is 0 Å². The molecule has 0 unspecified atom stereocenters. The van der Waals surface area contributed by atoms with Gasteiger partial charge >= 0.3 is 0 Å². The summed E-state index contributed by atoms with van der Waals surface area (Å²) in [6, 6.07) is 9.53. The predicted molar refractivity (Wildman–Crippen MR) is 110 cm³/mol. The second-order valence-corrected chi connectivity index (χ2v) is 9.20. The molecule has 2 aromatic rings. The van der Waals surface area contributed by atoms with E-state index in [1.54, 1.807) is 18.3 Å². The number of nitriles is 1. The molecule has 1 aromatic carbocycles. The third-order valence-corrected chi connectivity index (χ3v) is 6.98. The fourth-order valence-electron chi connectivity index (χ4n) is 3.98. The van der Waals surface area contributed by atoms with Gasteiger partial charge in [0.25, 0.3) is 0 Å². The molecule has 0 aliphatic carbocycles. The first kappa shape index (κ1) is 20.3. The van der Waals surface area contributed by atoms with Crippen LogP contribution in [0.1, 0.15) is 35.1 Å². The van der Waals surface area contributed by atoms with Crippen LogP contribution in [0.15, 0.2) is 35.4 Å². The SMILES string of the molecule is Cc1cc(C)c(S(=O)(=O)NCC2CCN(c3ncccc3C#N)CC2)c(C)c1. The number of pyridine rings is 1. The Kier molecular flexibility index (Phi) is 6.01. The van der Waals surface area contributed by atoms with Crippen molar-refractivity contribution in [1.29, 1.82) is 5.26 Å². The van der Waals surface area contributed by atoms with Crippen LogP contribution in [0.3, 0.4) is 0 Å². The van der Waals surface area contributed by atoms with Crippen LogP contribution in [-0.4, -0.2) is 33.0 Å². The normalized spacial score (nSPS) is 15.4. The zero-order valence-electron chi connectivity index (χ0n) is 16.6. The van der Waals surface area contributed by atoms with E-state index in [0.717, 1.165) is 48.4 Å². The van der Waals surface area contributed by atoms with Gasteiger partial charge in [-0.15, -0.1) is 0 Å². The van der Waals surface area contributed by atoms with E-state index in [1.165, 1.54) is 0 Å². The molecule has 1 saturated heterocycles. The van der Waals surface area contributed by atoms with Crippen LogP contribution < -0.4 is 9.62 Å². The summed E-state index contributed by atoms with van der Waals surface area (Å²) in [7, 11) is -3.53. The van der Waals surface area contributed by atoms with Crippen molar-refractivity contribution in [3.8, 4) is 6.07 Å². The number of sulfonamides is 1. The largest absolute Gasteiger partial charge is 0.356 e. The summed E-state index contributed by atoms with van der Waals surface area (Å²) in [4.78, 5) is 6.84. The van der Waals surface area contributed by atoms with Crippen molar-refractivity contribution >= 4 is 15.8 Å². The van der Waals surface area contributed by atoms with Crippen molar-refractivity contribution in [2.24, 2.45) is 5.92 Å². The first-order chi connectivity index (χ1) is 13.3. The minimum absolute atomic E-state index is 0.270. The van der Waals surface area contributed by atoms with E-state index in [0.29, 0.717) is 17.0 Å². The molecule has 0 atom stereocenters. The summed E-state index contributed by atoms with van der Waals surface area (Å²) in [6.45, 7) is 7.61. The molecular formula is C21H26N4O2S. The molecule has 6 nitrogen and oxygen atoms in total. The lowest BCUT2D eigenvalue weighted by Crippen LogP contribution is -2.39. The topological polar surface area (TPSA) is 86.1 Å². The standard InChI is InChI=1S/C21H26N4O2S/c1-15-11-16(2)20(17(3)12-15)28(26,27)24-14-18-6-9-25(10-7-18)21-19(13-22)5-4-8-23-21/h4-5,8,11-12,18,24H,6-7,9-10,14H2,1-3H3. The number of rotatable bonds is 5. The number of piperidine rings is 1. The maximum absolute atomic E-state index is 12.8. The van der Waals surface area contributed by atoms with Gasteiger partial charge in [0.05, 0.1) is 10.5 Å². The number of benzene rings is 1. The molecule has 1 aromatic heterocycles. The zero-order chi connectivity index (χ0) is 20.3. The summed E-state index contributed by atoms with van der Waals surface area (Å²) in [5, 5.41) is 9.25. The number of hydrogen-bond acceptors (Lipinski definition) is 5. The average Bonchev–Trinajstić information content (AvgIpc) is 2.66. The molecule has 1 aliphatic heterocycles. The highest BCUT2D eigenvalue weighted by Crippen LogP contribution is 2.25. The number of aryl methyl sites for hydroxylation is 3. The van der Waals surface area contributed by atoms with Crippen molar-refractivity contribution in [1.82, 2.24) is 9.71 Å². The van der Waals surface area contributed by atoms with Crippen LogP contribution in [-0.2, 0) is 10.0 Å². The Hall–Kier alpha value is -2.43. The van der Waals surface area contributed by atoms with Gasteiger partial charge in [0.1, 0.15) is 11.9 Å². The summed E-state index contributed by atoms with van der Waals surface area (Å²) in [6.07, 6.45) is 3.41. The lowest BCUT2D eigenvalue weighted by Gasteiger charge is -2.33. The zero-order valence-corrected chi connectivity index (χ0v) is 17.4. The summed E-state index contributed by atoms with van der Waals surface area (Å²) in [5.74, 6) is 0.987. The minimum Gasteiger partial charge on any atom is -0.356 e. The molecule has 0 bridgehead atoms. The van der Waals surface area contributed by atoms with Crippen LogP contribution in [0, 0.1) is 38.0 Å². The molecule has 3 rings (SSSR count). The molecule has 28 heavy (non-hydrogen) atoms. The molecule has 0 saturated carbocycles. The van der Waals surface area contributed by atoms with E-state index in [4.69, 9.17) is 0 Å². The van der Waals surface area contributed by atoms with Crippen molar-refractivity contribution < 1.29 is 8.42 Å². The molecule has 0 spiro atoms. The fourth-order valence-corrected chi connectivity index (χ4v) is 5.54. The van der Waals surface area contributed by atoms with Crippen LogP contribution in [0.5, 0.6) is 0 Å². The second-order valence-electron chi connectivity index (χ2n) is 7.50. The number of nitrogens with one attached hydrogen (secondary N) is 1. The van der Waals surface area contributed by atoms with E-state index in [9.17, 15) is 13.7 Å². The third kappa shape index (κ3) is 4.34. The van der Waals surface area contributed by atoms with E-state index < -0.39 is 10.0 Å². The highest BCUT2D eigenvalue weighted by Gasteiger charge is 2.25. The van der Waals surface area contributed by atoms with Gasteiger partial charge in [0, 0.05) is 25.8 Å². The Balaban J connectivity index is 1.62. The van der Waals surface area contributed by atoms with E-state index in [-0.39, 0.29) is 5.92 Å². The fraction of sp³-hybridized carbons (Fsp3) is 0.429. The van der Waals surface area contributed by atoms with Crippen molar-refractivity contribution in [3.63, 3.8) is 0 Å². The van der Waals surface area contributed by atoms with Gasteiger partial charge in [-0.1, -0.05) is 17.7 Å².